The molecule has 7 nitrogen and oxygen atoms in total. The minimum absolute atomic E-state index is 0.136. The molecule has 2 aromatic carbocycles. The molecule has 1 saturated heterocycles. The second-order valence-corrected chi connectivity index (χ2v) is 6.32. The zero-order chi connectivity index (χ0) is 18.7. The smallest absolute Gasteiger partial charge is 0.292 e. The molecule has 0 bridgehead atoms. The summed E-state index contributed by atoms with van der Waals surface area (Å²) in [6.07, 6.45) is 0.919. The van der Waals surface area contributed by atoms with Crippen molar-refractivity contribution in [2.24, 2.45) is 0 Å². The average Bonchev–Trinajstić information content (AvgIpc) is 3.17. The molecule has 1 fully saturated rings. The molecule has 0 spiro atoms. The van der Waals surface area contributed by atoms with Crippen LogP contribution in [0.25, 0.3) is 0 Å². The fraction of sp³-hybridized carbons (Fsp3) is 0.368. The van der Waals surface area contributed by atoms with Gasteiger partial charge in [0.15, 0.2) is 0 Å². The third kappa shape index (κ3) is 3.51. The minimum atomic E-state index is -0.328. The summed E-state index contributed by atoms with van der Waals surface area (Å²) in [7, 11) is 5.18. The summed E-state index contributed by atoms with van der Waals surface area (Å²) in [6.45, 7) is 1.64. The number of hydrogen-bond acceptors (Lipinski definition) is 6. The van der Waals surface area contributed by atoms with Crippen LogP contribution in [0.1, 0.15) is 6.42 Å². The summed E-state index contributed by atoms with van der Waals surface area (Å²) in [5, 5.41) is 11.3. The van der Waals surface area contributed by atoms with E-state index in [1.807, 2.05) is 36.2 Å². The first-order chi connectivity index (χ1) is 12.5. The molecular weight excluding hydrogens is 334 g/mol. The van der Waals surface area contributed by atoms with Gasteiger partial charge in [-0.05, 0) is 12.5 Å². The summed E-state index contributed by atoms with van der Waals surface area (Å²) >= 11 is 0. The Labute approximate surface area is 152 Å². The second-order valence-electron chi connectivity index (χ2n) is 6.32. The summed E-state index contributed by atoms with van der Waals surface area (Å²) < 4.78 is 10.7. The first-order valence-corrected chi connectivity index (χ1v) is 8.47. The van der Waals surface area contributed by atoms with Gasteiger partial charge < -0.3 is 19.3 Å². The normalized spacial score (nSPS) is 16.4. The summed E-state index contributed by atoms with van der Waals surface area (Å²) in [5.74, 6) is 1.49. The SMILES string of the molecule is COc1cc(OC)cc(N2CCC(N(C)c3ccccc3[N+](=O)[O-])C2)c1. The highest BCUT2D eigenvalue weighted by molar-refractivity contribution is 5.64. The summed E-state index contributed by atoms with van der Waals surface area (Å²) in [5.41, 5.74) is 1.81. The Balaban J connectivity index is 1.80. The van der Waals surface area contributed by atoms with E-state index in [1.165, 1.54) is 0 Å². The number of rotatable bonds is 6. The van der Waals surface area contributed by atoms with E-state index < -0.39 is 0 Å². The molecule has 0 aromatic heterocycles. The van der Waals surface area contributed by atoms with E-state index in [4.69, 9.17) is 9.47 Å². The van der Waals surface area contributed by atoms with Crippen molar-refractivity contribution in [1.82, 2.24) is 0 Å². The van der Waals surface area contributed by atoms with Gasteiger partial charge in [0.05, 0.1) is 19.1 Å². The first kappa shape index (κ1) is 17.8. The molecule has 1 heterocycles. The molecule has 1 atom stereocenters. The van der Waals surface area contributed by atoms with Gasteiger partial charge in [-0.3, -0.25) is 10.1 Å². The topological polar surface area (TPSA) is 68.1 Å². The van der Waals surface area contributed by atoms with E-state index in [-0.39, 0.29) is 16.7 Å². The lowest BCUT2D eigenvalue weighted by molar-refractivity contribution is -0.384. The van der Waals surface area contributed by atoms with Gasteiger partial charge in [0.1, 0.15) is 17.2 Å². The largest absolute Gasteiger partial charge is 0.497 e. The molecule has 0 aliphatic carbocycles. The Hall–Kier alpha value is -2.96. The molecule has 0 amide bonds. The van der Waals surface area contributed by atoms with Crippen LogP contribution in [0.2, 0.25) is 0 Å². The molecule has 138 valence electrons. The number of nitro groups is 1. The van der Waals surface area contributed by atoms with E-state index in [0.717, 1.165) is 36.7 Å². The van der Waals surface area contributed by atoms with Crippen LogP contribution < -0.4 is 19.3 Å². The number of anilines is 2. The molecule has 1 unspecified atom stereocenters. The van der Waals surface area contributed by atoms with Crippen molar-refractivity contribution >= 4 is 17.1 Å². The molecule has 0 N–H and O–H groups in total. The maximum absolute atomic E-state index is 11.3. The van der Waals surface area contributed by atoms with Crippen molar-refractivity contribution in [3.8, 4) is 11.5 Å². The molecule has 1 aliphatic heterocycles. The zero-order valence-corrected chi connectivity index (χ0v) is 15.2. The summed E-state index contributed by atoms with van der Waals surface area (Å²) in [4.78, 5) is 15.2. The third-order valence-electron chi connectivity index (χ3n) is 4.87. The van der Waals surface area contributed by atoms with Gasteiger partial charge in [-0.15, -0.1) is 0 Å². The van der Waals surface area contributed by atoms with Crippen LogP contribution in [0.3, 0.4) is 0 Å². The number of benzene rings is 2. The number of nitrogens with zero attached hydrogens (tertiary/aromatic N) is 3. The number of ether oxygens (including phenoxy) is 2. The van der Waals surface area contributed by atoms with E-state index in [1.54, 1.807) is 32.4 Å². The van der Waals surface area contributed by atoms with E-state index >= 15 is 0 Å². The monoisotopic (exact) mass is 357 g/mol. The molecule has 0 radical (unpaired) electrons. The second kappa shape index (κ2) is 7.51. The highest BCUT2D eigenvalue weighted by atomic mass is 16.6. The van der Waals surface area contributed by atoms with Crippen molar-refractivity contribution in [1.29, 1.82) is 0 Å². The predicted octanol–water partition coefficient (Wildman–Crippen LogP) is 3.33. The molecular formula is C19H23N3O4. The van der Waals surface area contributed by atoms with Crippen LogP contribution in [-0.2, 0) is 0 Å². The standard InChI is InChI=1S/C19H23N3O4/c1-20(18-6-4-5-7-19(18)22(23)24)14-8-9-21(13-14)15-10-16(25-2)12-17(11-15)26-3/h4-7,10-12,14H,8-9,13H2,1-3H3. The lowest BCUT2D eigenvalue weighted by Gasteiger charge is -2.27. The first-order valence-electron chi connectivity index (χ1n) is 8.47. The number of hydrogen-bond donors (Lipinski definition) is 0. The zero-order valence-electron chi connectivity index (χ0n) is 15.2. The number of para-hydroxylation sites is 2. The van der Waals surface area contributed by atoms with Crippen LogP contribution in [-0.4, -0.2) is 45.3 Å². The van der Waals surface area contributed by atoms with Crippen LogP contribution >= 0.6 is 0 Å². The fourth-order valence-electron chi connectivity index (χ4n) is 3.38. The fourth-order valence-corrected chi connectivity index (χ4v) is 3.38. The maximum atomic E-state index is 11.3. The molecule has 7 heteroatoms. The Bertz CT molecular complexity index is 774. The Morgan fingerprint density at radius 2 is 1.81 bits per heavy atom. The molecule has 1 aliphatic rings. The van der Waals surface area contributed by atoms with Gasteiger partial charge in [0.2, 0.25) is 0 Å². The van der Waals surface area contributed by atoms with Crippen LogP contribution in [0.5, 0.6) is 11.5 Å². The van der Waals surface area contributed by atoms with E-state index in [9.17, 15) is 10.1 Å². The van der Waals surface area contributed by atoms with Crippen LogP contribution in [0, 0.1) is 10.1 Å². The Kier molecular flexibility index (Phi) is 5.16. The van der Waals surface area contributed by atoms with Crippen molar-refractivity contribution in [3.63, 3.8) is 0 Å². The van der Waals surface area contributed by atoms with E-state index in [0.29, 0.717) is 5.69 Å². The molecule has 26 heavy (non-hydrogen) atoms. The van der Waals surface area contributed by atoms with Crippen molar-refractivity contribution in [2.45, 2.75) is 12.5 Å². The highest BCUT2D eigenvalue weighted by Gasteiger charge is 2.29. The van der Waals surface area contributed by atoms with Gasteiger partial charge in [-0.2, -0.15) is 0 Å². The van der Waals surface area contributed by atoms with Crippen molar-refractivity contribution in [3.05, 3.63) is 52.6 Å². The Morgan fingerprint density at radius 3 is 2.42 bits per heavy atom. The van der Waals surface area contributed by atoms with Gasteiger partial charge >= 0.3 is 0 Å². The number of methoxy groups -OCH3 is 2. The van der Waals surface area contributed by atoms with E-state index in [2.05, 4.69) is 4.90 Å². The van der Waals surface area contributed by atoms with Crippen LogP contribution in [0.15, 0.2) is 42.5 Å². The lowest BCUT2D eigenvalue weighted by atomic mass is 10.2. The maximum Gasteiger partial charge on any atom is 0.292 e. The number of likely N-dealkylation sites (N-methyl/N-ethyl adjacent to an activating group) is 1. The highest BCUT2D eigenvalue weighted by Crippen LogP contribution is 2.34. The molecule has 2 aromatic rings. The molecule has 0 saturated carbocycles. The predicted molar refractivity (Wildman–Crippen MR) is 102 cm³/mol. The quantitative estimate of drug-likeness (QED) is 0.583. The minimum Gasteiger partial charge on any atom is -0.497 e. The van der Waals surface area contributed by atoms with Gasteiger partial charge in [-0.1, -0.05) is 12.1 Å². The van der Waals surface area contributed by atoms with Gasteiger partial charge in [0, 0.05) is 56.1 Å². The molecule has 3 rings (SSSR count). The number of nitro benzene ring substituents is 1. The van der Waals surface area contributed by atoms with Gasteiger partial charge in [-0.25, -0.2) is 0 Å². The van der Waals surface area contributed by atoms with Gasteiger partial charge in [0.25, 0.3) is 5.69 Å². The summed E-state index contributed by atoms with van der Waals surface area (Å²) in [6, 6.07) is 12.9. The van der Waals surface area contributed by atoms with Crippen molar-refractivity contribution < 1.29 is 14.4 Å². The third-order valence-corrected chi connectivity index (χ3v) is 4.87. The van der Waals surface area contributed by atoms with Crippen molar-refractivity contribution in [2.75, 3.05) is 44.2 Å². The average molecular weight is 357 g/mol. The lowest BCUT2D eigenvalue weighted by Crippen LogP contribution is -2.34. The Morgan fingerprint density at radius 1 is 1.15 bits per heavy atom. The van der Waals surface area contributed by atoms with Crippen LogP contribution in [0.4, 0.5) is 17.1 Å².